The number of carbonyl (C=O) groups excluding carboxylic acids is 2. The third-order valence-corrected chi connectivity index (χ3v) is 5.21. The minimum atomic E-state index is -0.139. The van der Waals surface area contributed by atoms with Gasteiger partial charge in [0.25, 0.3) is 0 Å². The SMILES string of the molecule is Cc1cc(C)c(NC(=O)CN(C)CC(=O)N(C)Cc2ccc3c(c2)OCCO3)c(C)c1. The Balaban J connectivity index is 1.51. The Morgan fingerprint density at radius 3 is 2.26 bits per heavy atom. The Morgan fingerprint density at radius 1 is 0.935 bits per heavy atom. The van der Waals surface area contributed by atoms with Crippen molar-refractivity contribution in [2.75, 3.05) is 45.7 Å². The van der Waals surface area contributed by atoms with Gasteiger partial charge in [-0.1, -0.05) is 23.8 Å². The monoisotopic (exact) mass is 425 g/mol. The molecule has 0 aliphatic carbocycles. The third kappa shape index (κ3) is 5.98. The number of nitrogens with one attached hydrogen (secondary N) is 1. The number of likely N-dealkylation sites (N-methyl/N-ethyl adjacent to an activating group) is 2. The first-order valence-electron chi connectivity index (χ1n) is 10.4. The zero-order valence-corrected chi connectivity index (χ0v) is 18.9. The molecule has 0 fully saturated rings. The summed E-state index contributed by atoms with van der Waals surface area (Å²) < 4.78 is 11.1. The fraction of sp³-hybridized carbons (Fsp3) is 0.417. The zero-order chi connectivity index (χ0) is 22.5. The van der Waals surface area contributed by atoms with Crippen LogP contribution in [0.1, 0.15) is 22.3 Å². The molecule has 2 amide bonds. The molecule has 0 spiro atoms. The number of fused-ring (bicyclic) bond motifs is 1. The summed E-state index contributed by atoms with van der Waals surface area (Å²) in [6.07, 6.45) is 0. The first kappa shape index (κ1) is 22.6. The summed E-state index contributed by atoms with van der Waals surface area (Å²) in [6.45, 7) is 7.82. The molecule has 7 nitrogen and oxygen atoms in total. The van der Waals surface area contributed by atoms with Gasteiger partial charge in [-0.25, -0.2) is 0 Å². The predicted octanol–water partition coefficient (Wildman–Crippen LogP) is 2.91. The lowest BCUT2D eigenvalue weighted by Crippen LogP contribution is -2.39. The van der Waals surface area contributed by atoms with Gasteiger partial charge in [-0.05, 0) is 56.6 Å². The normalized spacial score (nSPS) is 12.6. The molecule has 1 heterocycles. The van der Waals surface area contributed by atoms with E-state index in [-0.39, 0.29) is 24.9 Å². The molecule has 1 aliphatic heterocycles. The lowest BCUT2D eigenvalue weighted by Gasteiger charge is -2.23. The first-order chi connectivity index (χ1) is 14.7. The molecule has 0 saturated carbocycles. The van der Waals surface area contributed by atoms with E-state index in [0.717, 1.165) is 33.7 Å². The summed E-state index contributed by atoms with van der Waals surface area (Å²) >= 11 is 0. The van der Waals surface area contributed by atoms with Gasteiger partial charge in [0.05, 0.1) is 13.1 Å². The van der Waals surface area contributed by atoms with Gasteiger partial charge in [-0.2, -0.15) is 0 Å². The average Bonchev–Trinajstić information content (AvgIpc) is 2.70. The number of hydrogen-bond donors (Lipinski definition) is 1. The molecule has 3 rings (SSSR count). The molecule has 0 saturated heterocycles. The number of rotatable bonds is 7. The third-order valence-electron chi connectivity index (χ3n) is 5.21. The van der Waals surface area contributed by atoms with E-state index < -0.39 is 0 Å². The van der Waals surface area contributed by atoms with Crippen LogP contribution >= 0.6 is 0 Å². The molecule has 2 aromatic rings. The predicted molar refractivity (Wildman–Crippen MR) is 121 cm³/mol. The van der Waals surface area contributed by atoms with Crippen LogP contribution in [0.3, 0.4) is 0 Å². The summed E-state index contributed by atoms with van der Waals surface area (Å²) in [7, 11) is 3.52. The van der Waals surface area contributed by atoms with Crippen LogP contribution in [0.25, 0.3) is 0 Å². The number of amides is 2. The van der Waals surface area contributed by atoms with Crippen molar-refractivity contribution >= 4 is 17.5 Å². The fourth-order valence-corrected chi connectivity index (χ4v) is 3.76. The van der Waals surface area contributed by atoms with E-state index in [2.05, 4.69) is 5.32 Å². The average molecular weight is 426 g/mol. The number of anilines is 1. The van der Waals surface area contributed by atoms with E-state index in [9.17, 15) is 9.59 Å². The van der Waals surface area contributed by atoms with Crippen LogP contribution < -0.4 is 14.8 Å². The summed E-state index contributed by atoms with van der Waals surface area (Å²) in [6, 6.07) is 9.79. The van der Waals surface area contributed by atoms with Crippen molar-refractivity contribution in [2.24, 2.45) is 0 Å². The van der Waals surface area contributed by atoms with Gasteiger partial charge in [-0.3, -0.25) is 14.5 Å². The van der Waals surface area contributed by atoms with E-state index in [1.807, 2.05) is 51.1 Å². The number of hydrogen-bond acceptors (Lipinski definition) is 5. The molecule has 0 atom stereocenters. The van der Waals surface area contributed by atoms with E-state index in [1.165, 1.54) is 0 Å². The second-order valence-electron chi connectivity index (χ2n) is 8.22. The van der Waals surface area contributed by atoms with E-state index in [1.54, 1.807) is 23.9 Å². The standard InChI is InChI=1S/C24H31N3O4/c1-16-10-17(2)24(18(3)11-16)25-22(28)14-26(4)15-23(29)27(5)13-19-6-7-20-21(12-19)31-9-8-30-20/h6-7,10-12H,8-9,13-15H2,1-5H3,(H,25,28). The molecule has 2 aromatic carbocycles. The summed E-state index contributed by atoms with van der Waals surface area (Å²) in [5.41, 5.74) is 5.03. The van der Waals surface area contributed by atoms with Gasteiger partial charge in [-0.15, -0.1) is 0 Å². The van der Waals surface area contributed by atoms with Crippen LogP contribution in [0.15, 0.2) is 30.3 Å². The molecule has 1 aliphatic rings. The van der Waals surface area contributed by atoms with Crippen LogP contribution in [0.5, 0.6) is 11.5 Å². The lowest BCUT2D eigenvalue weighted by atomic mass is 10.1. The van der Waals surface area contributed by atoms with Gasteiger partial charge in [0.2, 0.25) is 11.8 Å². The van der Waals surface area contributed by atoms with Gasteiger partial charge in [0.1, 0.15) is 13.2 Å². The highest BCUT2D eigenvalue weighted by Gasteiger charge is 2.17. The van der Waals surface area contributed by atoms with E-state index in [0.29, 0.717) is 25.5 Å². The molecule has 1 N–H and O–H groups in total. The number of aryl methyl sites for hydroxylation is 3. The molecule has 7 heteroatoms. The van der Waals surface area contributed by atoms with Gasteiger partial charge in [0, 0.05) is 19.3 Å². The first-order valence-corrected chi connectivity index (χ1v) is 10.4. The van der Waals surface area contributed by atoms with Gasteiger partial charge in [0.15, 0.2) is 11.5 Å². The highest BCUT2D eigenvalue weighted by molar-refractivity contribution is 5.94. The van der Waals surface area contributed by atoms with Crippen LogP contribution in [0.2, 0.25) is 0 Å². The Kier molecular flexibility index (Phi) is 7.17. The maximum absolute atomic E-state index is 12.6. The van der Waals surface area contributed by atoms with Crippen LogP contribution in [0.4, 0.5) is 5.69 Å². The van der Waals surface area contributed by atoms with Crippen molar-refractivity contribution in [3.63, 3.8) is 0 Å². The quantitative estimate of drug-likeness (QED) is 0.739. The minimum absolute atomic E-state index is 0.0621. The van der Waals surface area contributed by atoms with Crippen LogP contribution in [-0.4, -0.2) is 62.0 Å². The Morgan fingerprint density at radius 2 is 1.58 bits per heavy atom. The van der Waals surface area contributed by atoms with Gasteiger partial charge < -0.3 is 19.7 Å². The second-order valence-corrected chi connectivity index (χ2v) is 8.22. The Hall–Kier alpha value is -3.06. The largest absolute Gasteiger partial charge is 0.486 e. The van der Waals surface area contributed by atoms with Crippen LogP contribution in [-0.2, 0) is 16.1 Å². The maximum atomic E-state index is 12.6. The molecule has 0 unspecified atom stereocenters. The molecule has 166 valence electrons. The van der Waals surface area contributed by atoms with Crippen molar-refractivity contribution in [3.8, 4) is 11.5 Å². The van der Waals surface area contributed by atoms with Crippen molar-refractivity contribution in [3.05, 3.63) is 52.6 Å². The summed E-state index contributed by atoms with van der Waals surface area (Å²) in [4.78, 5) is 28.5. The fourth-order valence-electron chi connectivity index (χ4n) is 3.76. The van der Waals surface area contributed by atoms with Crippen LogP contribution in [0, 0.1) is 20.8 Å². The minimum Gasteiger partial charge on any atom is -0.486 e. The molecule has 0 radical (unpaired) electrons. The number of ether oxygens (including phenoxy) is 2. The topological polar surface area (TPSA) is 71.1 Å². The van der Waals surface area contributed by atoms with Crippen molar-refractivity contribution in [2.45, 2.75) is 27.3 Å². The Labute approximate surface area is 183 Å². The number of carbonyl (C=O) groups is 2. The Bertz CT molecular complexity index is 950. The van der Waals surface area contributed by atoms with E-state index in [4.69, 9.17) is 9.47 Å². The lowest BCUT2D eigenvalue weighted by molar-refractivity contribution is -0.131. The smallest absolute Gasteiger partial charge is 0.238 e. The molecule has 31 heavy (non-hydrogen) atoms. The highest BCUT2D eigenvalue weighted by Crippen LogP contribution is 2.31. The van der Waals surface area contributed by atoms with E-state index >= 15 is 0 Å². The van der Waals surface area contributed by atoms with Crippen molar-refractivity contribution < 1.29 is 19.1 Å². The molecule has 0 aromatic heterocycles. The molecule has 0 bridgehead atoms. The highest BCUT2D eigenvalue weighted by atomic mass is 16.6. The maximum Gasteiger partial charge on any atom is 0.238 e. The second kappa shape index (κ2) is 9.83. The summed E-state index contributed by atoms with van der Waals surface area (Å²) in [5, 5.41) is 2.98. The molecular formula is C24H31N3O4. The number of benzene rings is 2. The molecular weight excluding hydrogens is 394 g/mol. The van der Waals surface area contributed by atoms with Crippen molar-refractivity contribution in [1.29, 1.82) is 0 Å². The van der Waals surface area contributed by atoms with Gasteiger partial charge >= 0.3 is 0 Å². The van der Waals surface area contributed by atoms with Crippen molar-refractivity contribution in [1.82, 2.24) is 9.80 Å². The summed E-state index contributed by atoms with van der Waals surface area (Å²) in [5.74, 6) is 1.24. The zero-order valence-electron chi connectivity index (χ0n) is 18.9. The number of nitrogens with zero attached hydrogens (tertiary/aromatic N) is 2.